The lowest BCUT2D eigenvalue weighted by Gasteiger charge is -2.03. The SMILES string of the molecule is CCCCCCCCCCCCCCCCCCCCCCBr.CN(C)C. The van der Waals surface area contributed by atoms with Crippen LogP contribution in [0, 0.1) is 0 Å². The summed E-state index contributed by atoms with van der Waals surface area (Å²) in [5.74, 6) is 0. The largest absolute Gasteiger partial charge is 0.312 e. The van der Waals surface area contributed by atoms with Crippen molar-refractivity contribution in [2.24, 2.45) is 0 Å². The van der Waals surface area contributed by atoms with Crippen LogP contribution in [0.5, 0.6) is 0 Å². The molecule has 0 bridgehead atoms. The quantitative estimate of drug-likeness (QED) is 0.132. The molecule has 0 heterocycles. The van der Waals surface area contributed by atoms with Gasteiger partial charge in [-0.1, -0.05) is 145 Å². The maximum Gasteiger partial charge on any atom is 0.00313 e. The van der Waals surface area contributed by atoms with Crippen molar-refractivity contribution in [3.05, 3.63) is 0 Å². The fourth-order valence-corrected chi connectivity index (χ4v) is 3.75. The zero-order valence-electron chi connectivity index (χ0n) is 19.7. The fourth-order valence-electron chi connectivity index (χ4n) is 3.35. The Balaban J connectivity index is 0. The van der Waals surface area contributed by atoms with Gasteiger partial charge in [-0.05, 0) is 27.6 Å². The van der Waals surface area contributed by atoms with Crippen LogP contribution in [0.25, 0.3) is 0 Å². The third-order valence-corrected chi connectivity index (χ3v) is 5.55. The van der Waals surface area contributed by atoms with Gasteiger partial charge in [-0.25, -0.2) is 0 Å². The van der Waals surface area contributed by atoms with Crippen molar-refractivity contribution < 1.29 is 0 Å². The molecule has 0 amide bonds. The molecule has 0 aliphatic heterocycles. The Morgan fingerprint density at radius 1 is 0.407 bits per heavy atom. The van der Waals surface area contributed by atoms with E-state index in [4.69, 9.17) is 0 Å². The molecular weight excluding hydrogens is 394 g/mol. The molecule has 2 heteroatoms. The molecule has 0 aromatic heterocycles. The summed E-state index contributed by atoms with van der Waals surface area (Å²) < 4.78 is 0. The Morgan fingerprint density at radius 3 is 0.778 bits per heavy atom. The molecule has 1 nitrogen and oxygen atoms in total. The average molecular weight is 449 g/mol. The van der Waals surface area contributed by atoms with E-state index < -0.39 is 0 Å². The molecule has 0 saturated carbocycles. The number of halogens is 1. The van der Waals surface area contributed by atoms with Crippen molar-refractivity contribution in [3.63, 3.8) is 0 Å². The van der Waals surface area contributed by atoms with Crippen LogP contribution in [0.3, 0.4) is 0 Å². The monoisotopic (exact) mass is 447 g/mol. The zero-order valence-corrected chi connectivity index (χ0v) is 21.3. The van der Waals surface area contributed by atoms with Crippen molar-refractivity contribution in [1.29, 1.82) is 0 Å². The second-order valence-electron chi connectivity index (χ2n) is 8.75. The Morgan fingerprint density at radius 2 is 0.593 bits per heavy atom. The highest BCUT2D eigenvalue weighted by molar-refractivity contribution is 9.09. The van der Waals surface area contributed by atoms with Crippen molar-refractivity contribution in [2.75, 3.05) is 26.5 Å². The topological polar surface area (TPSA) is 3.24 Å². The summed E-state index contributed by atoms with van der Waals surface area (Å²) in [5.41, 5.74) is 0. The Kier molecular flexibility index (Phi) is 31.4. The number of alkyl halides is 1. The van der Waals surface area contributed by atoms with E-state index in [0.717, 1.165) is 0 Å². The number of rotatable bonds is 20. The molecule has 0 spiro atoms. The van der Waals surface area contributed by atoms with Crippen LogP contribution in [0.2, 0.25) is 0 Å². The second kappa shape index (κ2) is 28.6. The highest BCUT2D eigenvalue weighted by atomic mass is 79.9. The molecule has 0 aromatic carbocycles. The number of nitrogens with zero attached hydrogens (tertiary/aromatic N) is 1. The molecule has 0 aromatic rings. The van der Waals surface area contributed by atoms with E-state index in [0.29, 0.717) is 0 Å². The lowest BCUT2D eigenvalue weighted by Crippen LogP contribution is -1.99. The molecular formula is C25H54BrN. The summed E-state index contributed by atoms with van der Waals surface area (Å²) in [6, 6.07) is 0. The Labute approximate surface area is 182 Å². The first-order chi connectivity index (χ1) is 13.1. The summed E-state index contributed by atoms with van der Waals surface area (Å²) >= 11 is 3.50. The van der Waals surface area contributed by atoms with Gasteiger partial charge in [0.1, 0.15) is 0 Å². The number of hydrogen-bond acceptors (Lipinski definition) is 1. The van der Waals surface area contributed by atoms with E-state index >= 15 is 0 Å². The maximum absolute atomic E-state index is 3.50. The first-order valence-electron chi connectivity index (χ1n) is 12.3. The van der Waals surface area contributed by atoms with Crippen LogP contribution in [0.4, 0.5) is 0 Å². The van der Waals surface area contributed by atoms with Gasteiger partial charge in [0.05, 0.1) is 0 Å². The van der Waals surface area contributed by atoms with Crippen LogP contribution >= 0.6 is 15.9 Å². The van der Waals surface area contributed by atoms with E-state index in [2.05, 4.69) is 22.9 Å². The van der Waals surface area contributed by atoms with Gasteiger partial charge in [-0.3, -0.25) is 0 Å². The summed E-state index contributed by atoms with van der Waals surface area (Å²) in [7, 11) is 6.00. The summed E-state index contributed by atoms with van der Waals surface area (Å²) in [6.45, 7) is 2.30. The Bertz CT molecular complexity index is 208. The highest BCUT2D eigenvalue weighted by Gasteiger charge is 1.95. The fraction of sp³-hybridized carbons (Fsp3) is 1.00. The predicted octanol–water partition coefficient (Wildman–Crippen LogP) is 9.38. The molecule has 0 aliphatic carbocycles. The van der Waals surface area contributed by atoms with Crippen LogP contribution in [0.1, 0.15) is 135 Å². The van der Waals surface area contributed by atoms with Gasteiger partial charge in [0, 0.05) is 5.33 Å². The molecule has 0 fully saturated rings. The molecule has 0 saturated heterocycles. The number of hydrogen-bond donors (Lipinski definition) is 0. The van der Waals surface area contributed by atoms with Crippen molar-refractivity contribution >= 4 is 15.9 Å². The van der Waals surface area contributed by atoms with Gasteiger partial charge < -0.3 is 4.90 Å². The summed E-state index contributed by atoms with van der Waals surface area (Å²) in [5, 5.41) is 1.19. The van der Waals surface area contributed by atoms with Gasteiger partial charge in [-0.15, -0.1) is 0 Å². The minimum atomic E-state index is 1.19. The Hall–Kier alpha value is 0.440. The lowest BCUT2D eigenvalue weighted by molar-refractivity contribution is 0.505. The standard InChI is InChI=1S/C22H45Br.C3H9N/c1-2-3-4-5-6-7-8-9-10-11-12-13-14-15-16-17-18-19-20-21-22-23;1-4(2)3/h2-22H2,1H3;1-3H3. The summed E-state index contributed by atoms with van der Waals surface area (Å²) in [6.07, 6.45) is 29.3. The minimum absolute atomic E-state index is 1.19. The first kappa shape index (κ1) is 29.6. The van der Waals surface area contributed by atoms with E-state index in [9.17, 15) is 0 Å². The van der Waals surface area contributed by atoms with E-state index in [1.54, 1.807) is 0 Å². The minimum Gasteiger partial charge on any atom is -0.312 e. The number of unbranched alkanes of at least 4 members (excludes halogenated alkanes) is 19. The smallest absolute Gasteiger partial charge is 0.00313 e. The van der Waals surface area contributed by atoms with Crippen LogP contribution in [0.15, 0.2) is 0 Å². The third-order valence-electron chi connectivity index (χ3n) is 4.99. The first-order valence-corrected chi connectivity index (χ1v) is 13.4. The van der Waals surface area contributed by atoms with Gasteiger partial charge in [0.15, 0.2) is 0 Å². The normalized spacial score (nSPS) is 10.9. The predicted molar refractivity (Wildman–Crippen MR) is 131 cm³/mol. The van der Waals surface area contributed by atoms with Gasteiger partial charge in [-0.2, -0.15) is 0 Å². The van der Waals surface area contributed by atoms with Gasteiger partial charge in [0.2, 0.25) is 0 Å². The van der Waals surface area contributed by atoms with Crippen LogP contribution in [-0.2, 0) is 0 Å². The van der Waals surface area contributed by atoms with E-state index in [1.165, 1.54) is 134 Å². The second-order valence-corrected chi connectivity index (χ2v) is 9.54. The van der Waals surface area contributed by atoms with Gasteiger partial charge >= 0.3 is 0 Å². The molecule has 0 radical (unpaired) electrons. The van der Waals surface area contributed by atoms with Gasteiger partial charge in [0.25, 0.3) is 0 Å². The highest BCUT2D eigenvalue weighted by Crippen LogP contribution is 2.14. The lowest BCUT2D eigenvalue weighted by atomic mass is 10.0. The van der Waals surface area contributed by atoms with Crippen LogP contribution < -0.4 is 0 Å². The molecule has 0 rings (SSSR count). The zero-order chi connectivity index (χ0) is 20.4. The van der Waals surface area contributed by atoms with Crippen molar-refractivity contribution in [1.82, 2.24) is 4.90 Å². The maximum atomic E-state index is 3.50. The molecule has 166 valence electrons. The molecule has 0 unspecified atom stereocenters. The van der Waals surface area contributed by atoms with Crippen LogP contribution in [-0.4, -0.2) is 31.4 Å². The third kappa shape index (κ3) is 37.8. The average Bonchev–Trinajstić information content (AvgIpc) is 2.63. The molecule has 27 heavy (non-hydrogen) atoms. The molecule has 0 atom stereocenters. The molecule has 0 aliphatic rings. The van der Waals surface area contributed by atoms with Crippen molar-refractivity contribution in [2.45, 2.75) is 135 Å². The van der Waals surface area contributed by atoms with Crippen molar-refractivity contribution in [3.8, 4) is 0 Å². The van der Waals surface area contributed by atoms with E-state index in [-0.39, 0.29) is 0 Å². The summed E-state index contributed by atoms with van der Waals surface area (Å²) in [4.78, 5) is 2.00. The van der Waals surface area contributed by atoms with E-state index in [1.807, 2.05) is 26.0 Å². The molecule has 0 N–H and O–H groups in total.